The monoisotopic (exact) mass is 346 g/mol. The first-order valence-electron chi connectivity index (χ1n) is 8.80. The number of carbonyl (C=O) groups is 1. The molecule has 3 rings (SSSR count). The third-order valence-corrected chi connectivity index (χ3v) is 4.91. The third kappa shape index (κ3) is 3.38. The maximum atomic E-state index is 12.9. The van der Waals surface area contributed by atoms with Crippen LogP contribution < -0.4 is 19.5 Å². The summed E-state index contributed by atoms with van der Waals surface area (Å²) in [7, 11) is 4.70. The molecule has 2 N–H and O–H groups in total. The van der Waals surface area contributed by atoms with Crippen molar-refractivity contribution in [2.75, 3.05) is 21.3 Å². The highest BCUT2D eigenvalue weighted by Crippen LogP contribution is 2.44. The Morgan fingerprint density at radius 2 is 1.72 bits per heavy atom. The quantitative estimate of drug-likeness (QED) is 0.811. The number of aromatic amines is 1. The lowest BCUT2D eigenvalue weighted by molar-refractivity contribution is 0.0935. The molecule has 2 aromatic rings. The van der Waals surface area contributed by atoms with Crippen LogP contribution in [-0.2, 0) is 0 Å². The van der Waals surface area contributed by atoms with Gasteiger partial charge in [-0.1, -0.05) is 25.7 Å². The molecule has 0 atom stereocenters. The summed E-state index contributed by atoms with van der Waals surface area (Å²) >= 11 is 0. The molecule has 1 aliphatic rings. The molecule has 0 unspecified atom stereocenters. The van der Waals surface area contributed by atoms with E-state index in [-0.39, 0.29) is 11.9 Å². The van der Waals surface area contributed by atoms with Crippen LogP contribution in [-0.4, -0.2) is 38.3 Å². The van der Waals surface area contributed by atoms with Gasteiger partial charge in [0, 0.05) is 18.3 Å². The Balaban J connectivity index is 1.97. The first kappa shape index (κ1) is 17.5. The van der Waals surface area contributed by atoms with Crippen LogP contribution in [0.1, 0.15) is 48.9 Å². The number of nitrogens with one attached hydrogen (secondary N) is 2. The number of hydrogen-bond acceptors (Lipinski definition) is 4. The van der Waals surface area contributed by atoms with Gasteiger partial charge in [-0.25, -0.2) is 0 Å². The SMILES string of the molecule is COc1cc2[nH]cc(C(=O)NC3CCCCCC3)c2c(OC)c1OC. The molecule has 25 heavy (non-hydrogen) atoms. The number of aromatic nitrogens is 1. The van der Waals surface area contributed by atoms with Crippen molar-refractivity contribution >= 4 is 16.8 Å². The molecule has 1 fully saturated rings. The lowest BCUT2D eigenvalue weighted by atomic mass is 10.1. The Bertz CT molecular complexity index is 745. The fraction of sp³-hybridized carbons (Fsp3) is 0.526. The van der Waals surface area contributed by atoms with Gasteiger partial charge in [-0.2, -0.15) is 0 Å². The Morgan fingerprint density at radius 3 is 2.32 bits per heavy atom. The molecule has 6 heteroatoms. The van der Waals surface area contributed by atoms with Crippen LogP contribution in [0.3, 0.4) is 0 Å². The highest BCUT2D eigenvalue weighted by molar-refractivity contribution is 6.10. The predicted molar refractivity (Wildman–Crippen MR) is 96.9 cm³/mol. The van der Waals surface area contributed by atoms with Gasteiger partial charge in [0.1, 0.15) is 0 Å². The van der Waals surface area contributed by atoms with Crippen molar-refractivity contribution in [3.05, 3.63) is 17.8 Å². The number of amides is 1. The molecule has 1 aromatic carbocycles. The van der Waals surface area contributed by atoms with Crippen LogP contribution >= 0.6 is 0 Å². The minimum absolute atomic E-state index is 0.0799. The molecule has 0 bridgehead atoms. The molecule has 1 aromatic heterocycles. The molecule has 0 aliphatic heterocycles. The number of rotatable bonds is 5. The summed E-state index contributed by atoms with van der Waals surface area (Å²) < 4.78 is 16.4. The van der Waals surface area contributed by atoms with Gasteiger partial charge in [-0.15, -0.1) is 0 Å². The molecular formula is C19H26N2O4. The molecule has 136 valence electrons. The van der Waals surface area contributed by atoms with E-state index >= 15 is 0 Å². The standard InChI is InChI=1S/C19H26N2O4/c1-23-15-10-14-16(18(25-3)17(15)24-2)13(11-20-14)19(22)21-12-8-6-4-5-7-9-12/h10-12,20H,4-9H2,1-3H3,(H,21,22). The molecule has 1 amide bonds. The summed E-state index contributed by atoms with van der Waals surface area (Å²) in [6.07, 6.45) is 8.66. The predicted octanol–water partition coefficient (Wildman–Crippen LogP) is 3.65. The lowest BCUT2D eigenvalue weighted by Gasteiger charge is -2.17. The molecule has 1 saturated carbocycles. The Kier molecular flexibility index (Phi) is 5.36. The summed E-state index contributed by atoms with van der Waals surface area (Å²) in [6, 6.07) is 2.06. The average Bonchev–Trinajstić information content (AvgIpc) is 2.89. The number of carbonyl (C=O) groups excluding carboxylic acids is 1. The topological polar surface area (TPSA) is 72.6 Å². The fourth-order valence-corrected chi connectivity index (χ4v) is 3.63. The molecule has 0 radical (unpaired) electrons. The van der Waals surface area contributed by atoms with Gasteiger partial charge in [0.25, 0.3) is 5.91 Å². The van der Waals surface area contributed by atoms with E-state index in [0.717, 1.165) is 18.4 Å². The number of fused-ring (bicyclic) bond motifs is 1. The van der Waals surface area contributed by atoms with Crippen LogP contribution in [0, 0.1) is 0 Å². The first-order chi connectivity index (χ1) is 12.2. The zero-order chi connectivity index (χ0) is 17.8. The molecule has 1 heterocycles. The number of H-pyrrole nitrogens is 1. The molecule has 0 saturated heterocycles. The molecule has 1 aliphatic carbocycles. The first-order valence-corrected chi connectivity index (χ1v) is 8.80. The van der Waals surface area contributed by atoms with Gasteiger partial charge in [-0.3, -0.25) is 4.79 Å². The normalized spacial score (nSPS) is 15.6. The summed E-state index contributed by atoms with van der Waals surface area (Å²) in [4.78, 5) is 16.0. The van der Waals surface area contributed by atoms with Crippen molar-refractivity contribution in [3.63, 3.8) is 0 Å². The lowest BCUT2D eigenvalue weighted by Crippen LogP contribution is -2.34. The largest absolute Gasteiger partial charge is 0.493 e. The van der Waals surface area contributed by atoms with Gasteiger partial charge >= 0.3 is 0 Å². The highest BCUT2D eigenvalue weighted by Gasteiger charge is 2.24. The number of ether oxygens (including phenoxy) is 3. The van der Waals surface area contributed by atoms with Crippen molar-refractivity contribution in [1.82, 2.24) is 10.3 Å². The summed E-state index contributed by atoms with van der Waals surface area (Å²) in [6.45, 7) is 0. The zero-order valence-corrected chi connectivity index (χ0v) is 15.1. The molecule has 0 spiro atoms. The second-order valence-electron chi connectivity index (χ2n) is 6.43. The van der Waals surface area contributed by atoms with E-state index in [1.165, 1.54) is 25.7 Å². The van der Waals surface area contributed by atoms with Crippen molar-refractivity contribution in [2.45, 2.75) is 44.6 Å². The summed E-state index contributed by atoms with van der Waals surface area (Å²) in [5.74, 6) is 1.47. The van der Waals surface area contributed by atoms with Crippen LogP contribution in [0.2, 0.25) is 0 Å². The molecular weight excluding hydrogens is 320 g/mol. The van der Waals surface area contributed by atoms with Crippen LogP contribution in [0.15, 0.2) is 12.3 Å². The van der Waals surface area contributed by atoms with Crippen molar-refractivity contribution in [2.24, 2.45) is 0 Å². The van der Waals surface area contributed by atoms with Gasteiger partial charge in [-0.05, 0) is 12.8 Å². The van der Waals surface area contributed by atoms with Crippen molar-refractivity contribution < 1.29 is 19.0 Å². The second kappa shape index (κ2) is 7.68. The minimum atomic E-state index is -0.0799. The van der Waals surface area contributed by atoms with E-state index in [0.29, 0.717) is 28.2 Å². The van der Waals surface area contributed by atoms with Crippen LogP contribution in [0.25, 0.3) is 10.9 Å². The number of benzene rings is 1. The van der Waals surface area contributed by atoms with Gasteiger partial charge in [0.05, 0.1) is 37.8 Å². The summed E-state index contributed by atoms with van der Waals surface area (Å²) in [5.41, 5.74) is 1.34. The van der Waals surface area contributed by atoms with E-state index < -0.39 is 0 Å². The highest BCUT2D eigenvalue weighted by atomic mass is 16.5. The van der Waals surface area contributed by atoms with Gasteiger partial charge in [0.15, 0.2) is 11.5 Å². The van der Waals surface area contributed by atoms with Crippen LogP contribution in [0.4, 0.5) is 0 Å². The smallest absolute Gasteiger partial charge is 0.253 e. The molecule has 6 nitrogen and oxygen atoms in total. The maximum Gasteiger partial charge on any atom is 0.253 e. The van der Waals surface area contributed by atoms with E-state index in [2.05, 4.69) is 10.3 Å². The van der Waals surface area contributed by atoms with Gasteiger partial charge in [0.2, 0.25) is 5.75 Å². The summed E-state index contributed by atoms with van der Waals surface area (Å²) in [5, 5.41) is 3.90. The van der Waals surface area contributed by atoms with Crippen molar-refractivity contribution in [1.29, 1.82) is 0 Å². The van der Waals surface area contributed by atoms with Gasteiger partial charge < -0.3 is 24.5 Å². The Morgan fingerprint density at radius 1 is 1.04 bits per heavy atom. The van der Waals surface area contributed by atoms with E-state index in [4.69, 9.17) is 14.2 Å². The third-order valence-electron chi connectivity index (χ3n) is 4.91. The Hall–Kier alpha value is -2.37. The number of hydrogen-bond donors (Lipinski definition) is 2. The zero-order valence-electron chi connectivity index (χ0n) is 15.1. The number of methoxy groups -OCH3 is 3. The Labute approximate surface area is 147 Å². The second-order valence-corrected chi connectivity index (χ2v) is 6.43. The van der Waals surface area contributed by atoms with E-state index in [1.807, 2.05) is 6.07 Å². The van der Waals surface area contributed by atoms with Crippen molar-refractivity contribution in [3.8, 4) is 17.2 Å². The fourth-order valence-electron chi connectivity index (χ4n) is 3.63. The maximum absolute atomic E-state index is 12.9. The minimum Gasteiger partial charge on any atom is -0.493 e. The van der Waals surface area contributed by atoms with E-state index in [1.54, 1.807) is 27.5 Å². The van der Waals surface area contributed by atoms with Crippen LogP contribution in [0.5, 0.6) is 17.2 Å². The van der Waals surface area contributed by atoms with E-state index in [9.17, 15) is 4.79 Å². The average molecular weight is 346 g/mol.